The third-order valence-corrected chi connectivity index (χ3v) is 16.2. The summed E-state index contributed by atoms with van der Waals surface area (Å²) in [4.78, 5) is 4.90. The molecule has 0 bridgehead atoms. The highest BCUT2D eigenvalue weighted by atomic mass is 16.3. The second-order valence-electron chi connectivity index (χ2n) is 20.2. The first-order valence-electron chi connectivity index (χ1n) is 26.4. The van der Waals surface area contributed by atoms with Crippen LogP contribution in [0.1, 0.15) is 22.3 Å². The normalized spacial score (nSPS) is 12.8. The van der Waals surface area contributed by atoms with Gasteiger partial charge in [-0.3, -0.25) is 0 Å². The summed E-state index contributed by atoms with van der Waals surface area (Å²) in [6, 6.07) is 101. The molecule has 360 valence electrons. The van der Waals surface area contributed by atoms with E-state index in [1.54, 1.807) is 0 Å². The minimum absolute atomic E-state index is 0.633. The average Bonchev–Trinajstić information content (AvgIpc) is 3.60. The zero-order chi connectivity index (χ0) is 50.6. The minimum Gasteiger partial charge on any atom is -0.455 e. The zero-order valence-electron chi connectivity index (χ0n) is 41.8. The molecule has 0 saturated heterocycles. The number of furan rings is 2. The fraction of sp³-hybridized carbons (Fsp3) is 0.0137. The van der Waals surface area contributed by atoms with Crippen LogP contribution in [0.15, 0.2) is 288 Å². The van der Waals surface area contributed by atoms with Gasteiger partial charge in [0.05, 0.1) is 16.8 Å². The molecule has 2 aliphatic carbocycles. The molecule has 4 heteroatoms. The molecule has 0 N–H and O–H groups in total. The van der Waals surface area contributed by atoms with Gasteiger partial charge in [0.2, 0.25) is 0 Å². The third kappa shape index (κ3) is 6.33. The van der Waals surface area contributed by atoms with Crippen molar-refractivity contribution in [2.75, 3.05) is 9.80 Å². The first-order valence-corrected chi connectivity index (χ1v) is 26.4. The second-order valence-corrected chi connectivity index (χ2v) is 20.2. The van der Waals surface area contributed by atoms with Crippen molar-refractivity contribution in [3.8, 4) is 44.5 Å². The standard InChI is InChI=1S/C73H46N2O2/c1-3-23-49(24-4-1)74(51-27-15-21-47(45-51)53-33-17-35-57-55-29-9-13-43-67(55)76-71(53)57)65-41-19-39-63-69(65)59-31-7-11-37-61(59)73(63)62-38-12-8-32-60(62)70-64(73)40-20-42-66(70)75(50-25-5-2-6-26-50)52-28-16-22-48(46-52)54-34-18-36-58-56-30-10-14-44-68(56)77-72(54)58/h1-46H. The lowest BCUT2D eigenvalue weighted by Gasteiger charge is -2.32. The molecule has 0 unspecified atom stereocenters. The predicted molar refractivity (Wildman–Crippen MR) is 318 cm³/mol. The molecule has 0 fully saturated rings. The second kappa shape index (κ2) is 16.9. The van der Waals surface area contributed by atoms with Gasteiger partial charge in [0, 0.05) is 66.5 Å². The van der Waals surface area contributed by atoms with Crippen LogP contribution in [0.4, 0.5) is 34.1 Å². The van der Waals surface area contributed by atoms with Gasteiger partial charge in [0.25, 0.3) is 0 Å². The Morgan fingerprint density at radius 2 is 0.610 bits per heavy atom. The number of benzene rings is 12. The Hall–Kier alpha value is -10.2. The van der Waals surface area contributed by atoms with Crippen LogP contribution in [0.3, 0.4) is 0 Å². The van der Waals surface area contributed by atoms with Crippen LogP contribution in [-0.4, -0.2) is 0 Å². The van der Waals surface area contributed by atoms with Crippen molar-refractivity contribution in [1.29, 1.82) is 0 Å². The van der Waals surface area contributed by atoms with Crippen molar-refractivity contribution in [1.82, 2.24) is 0 Å². The molecule has 1 spiro atoms. The highest BCUT2D eigenvalue weighted by Gasteiger charge is 2.53. The van der Waals surface area contributed by atoms with Gasteiger partial charge in [-0.15, -0.1) is 0 Å². The van der Waals surface area contributed by atoms with E-state index < -0.39 is 5.41 Å². The molecule has 0 aliphatic heterocycles. The van der Waals surface area contributed by atoms with E-state index in [0.29, 0.717) is 0 Å². The third-order valence-electron chi connectivity index (χ3n) is 16.2. The average molecular weight is 983 g/mol. The van der Waals surface area contributed by atoms with Crippen LogP contribution in [-0.2, 0) is 5.41 Å². The maximum atomic E-state index is 6.62. The maximum absolute atomic E-state index is 6.62. The number of rotatable bonds is 8. The Morgan fingerprint density at radius 1 is 0.260 bits per heavy atom. The summed E-state index contributed by atoms with van der Waals surface area (Å²) in [5.74, 6) is 0. The van der Waals surface area contributed by atoms with E-state index >= 15 is 0 Å². The highest BCUT2D eigenvalue weighted by molar-refractivity contribution is 6.11. The van der Waals surface area contributed by atoms with Gasteiger partial charge < -0.3 is 18.6 Å². The van der Waals surface area contributed by atoms with Gasteiger partial charge >= 0.3 is 0 Å². The molecule has 0 atom stereocenters. The first kappa shape index (κ1) is 43.3. The number of anilines is 6. The van der Waals surface area contributed by atoms with E-state index in [2.05, 4.69) is 277 Å². The summed E-state index contributed by atoms with van der Waals surface area (Å²) in [5.41, 5.74) is 23.7. The number of nitrogens with zero attached hydrogens (tertiary/aromatic N) is 2. The summed E-state index contributed by atoms with van der Waals surface area (Å²) < 4.78 is 13.2. The Balaban J connectivity index is 0.902. The van der Waals surface area contributed by atoms with Gasteiger partial charge in [-0.2, -0.15) is 0 Å². The van der Waals surface area contributed by atoms with E-state index in [0.717, 1.165) is 100 Å². The van der Waals surface area contributed by atoms with Gasteiger partial charge in [0.15, 0.2) is 0 Å². The fourth-order valence-corrected chi connectivity index (χ4v) is 13.2. The Bertz CT molecular complexity index is 4370. The van der Waals surface area contributed by atoms with E-state index in [9.17, 15) is 0 Å². The van der Waals surface area contributed by atoms with Crippen LogP contribution < -0.4 is 9.80 Å². The SMILES string of the molecule is c1ccc(N(c2cccc(-c3cccc4c3oc3ccccc34)c2)c2cccc3c2-c2ccccc2C32c3ccccc3-c3c(N(c4ccccc4)c4cccc(-c5cccc6c5oc5ccccc56)c4)cccc32)cc1. The number of fused-ring (bicyclic) bond motifs is 16. The van der Waals surface area contributed by atoms with Crippen molar-refractivity contribution in [2.24, 2.45) is 0 Å². The van der Waals surface area contributed by atoms with E-state index in [1.165, 1.54) is 44.5 Å². The van der Waals surface area contributed by atoms with Gasteiger partial charge in [-0.25, -0.2) is 0 Å². The highest BCUT2D eigenvalue weighted by Crippen LogP contribution is 2.66. The number of hydrogen-bond acceptors (Lipinski definition) is 4. The molecule has 0 radical (unpaired) electrons. The molecule has 0 amide bonds. The first-order chi connectivity index (χ1) is 38.2. The molecule has 16 rings (SSSR count). The Labute approximate surface area is 445 Å². The molecule has 2 aliphatic rings. The minimum atomic E-state index is -0.633. The van der Waals surface area contributed by atoms with Crippen LogP contribution in [0.5, 0.6) is 0 Å². The summed E-state index contributed by atoms with van der Waals surface area (Å²) >= 11 is 0. The van der Waals surface area contributed by atoms with Crippen molar-refractivity contribution in [2.45, 2.75) is 5.41 Å². The quantitative estimate of drug-likeness (QED) is 0.152. The monoisotopic (exact) mass is 982 g/mol. The lowest BCUT2D eigenvalue weighted by molar-refractivity contribution is 0.669. The van der Waals surface area contributed by atoms with Crippen LogP contribution >= 0.6 is 0 Å². The van der Waals surface area contributed by atoms with Crippen molar-refractivity contribution in [3.05, 3.63) is 301 Å². The lowest BCUT2D eigenvalue weighted by atomic mass is 9.70. The Morgan fingerprint density at radius 3 is 1.09 bits per heavy atom. The number of hydrogen-bond donors (Lipinski definition) is 0. The summed E-state index contributed by atoms with van der Waals surface area (Å²) in [7, 11) is 0. The molecule has 0 saturated carbocycles. The summed E-state index contributed by atoms with van der Waals surface area (Å²) in [5, 5.41) is 4.47. The summed E-state index contributed by atoms with van der Waals surface area (Å²) in [6.45, 7) is 0. The van der Waals surface area contributed by atoms with Crippen molar-refractivity contribution in [3.63, 3.8) is 0 Å². The van der Waals surface area contributed by atoms with E-state index in [1.807, 2.05) is 12.1 Å². The Kier molecular flexibility index (Phi) is 9.52. The fourth-order valence-electron chi connectivity index (χ4n) is 13.2. The summed E-state index contributed by atoms with van der Waals surface area (Å²) in [6.07, 6.45) is 0. The largest absolute Gasteiger partial charge is 0.455 e. The number of para-hydroxylation sites is 6. The molecule has 77 heavy (non-hydrogen) atoms. The molecular weight excluding hydrogens is 937 g/mol. The zero-order valence-corrected chi connectivity index (χ0v) is 41.8. The van der Waals surface area contributed by atoms with Gasteiger partial charge in [0.1, 0.15) is 22.3 Å². The molecule has 2 aromatic heterocycles. The molecule has 12 aromatic carbocycles. The molecular formula is C73H46N2O2. The van der Waals surface area contributed by atoms with E-state index in [-0.39, 0.29) is 0 Å². The topological polar surface area (TPSA) is 32.8 Å². The van der Waals surface area contributed by atoms with Gasteiger partial charge in [-0.05, 0) is 117 Å². The predicted octanol–water partition coefficient (Wildman–Crippen LogP) is 20.1. The maximum Gasteiger partial charge on any atom is 0.143 e. The van der Waals surface area contributed by atoms with Crippen molar-refractivity contribution >= 4 is 78.0 Å². The smallest absolute Gasteiger partial charge is 0.143 e. The molecule has 2 heterocycles. The van der Waals surface area contributed by atoms with Crippen LogP contribution in [0, 0.1) is 0 Å². The molecule has 4 nitrogen and oxygen atoms in total. The molecule has 14 aromatic rings. The van der Waals surface area contributed by atoms with E-state index in [4.69, 9.17) is 8.83 Å². The van der Waals surface area contributed by atoms with Crippen LogP contribution in [0.25, 0.3) is 88.4 Å². The van der Waals surface area contributed by atoms with Gasteiger partial charge in [-0.1, -0.05) is 206 Å². The lowest BCUT2D eigenvalue weighted by Crippen LogP contribution is -2.26. The van der Waals surface area contributed by atoms with Crippen LogP contribution in [0.2, 0.25) is 0 Å². The van der Waals surface area contributed by atoms with Crippen molar-refractivity contribution < 1.29 is 8.83 Å².